The molecule has 0 spiro atoms. The molecule has 8 heteroatoms. The number of hydrogen-bond acceptors (Lipinski definition) is 6. The van der Waals surface area contributed by atoms with Gasteiger partial charge >= 0.3 is 5.97 Å². The van der Waals surface area contributed by atoms with Gasteiger partial charge in [-0.25, -0.2) is 4.79 Å². The van der Waals surface area contributed by atoms with E-state index in [0.717, 1.165) is 0 Å². The first-order valence-corrected chi connectivity index (χ1v) is 6.88. The van der Waals surface area contributed by atoms with Crippen LogP contribution >= 0.6 is 0 Å². The molecule has 1 N–H and O–H groups in total. The van der Waals surface area contributed by atoms with Crippen molar-refractivity contribution in [2.45, 2.75) is 6.10 Å². The summed E-state index contributed by atoms with van der Waals surface area (Å²) in [5.74, 6) is -0.756. The molecule has 0 aromatic heterocycles. The molecule has 0 bridgehead atoms. The molecule has 1 fully saturated rings. The number of nitrogens with zero attached hydrogens (tertiary/aromatic N) is 2. The fourth-order valence-corrected chi connectivity index (χ4v) is 2.11. The molecular weight excluding hydrogens is 304 g/mol. The highest BCUT2D eigenvalue weighted by Crippen LogP contribution is 2.27. The van der Waals surface area contributed by atoms with Crippen LogP contribution in [-0.2, 0) is 14.3 Å². The lowest BCUT2D eigenvalue weighted by Crippen LogP contribution is -2.49. The van der Waals surface area contributed by atoms with Crippen molar-refractivity contribution in [2.24, 2.45) is 0 Å². The van der Waals surface area contributed by atoms with Gasteiger partial charge in [0.2, 0.25) is 0 Å². The molecule has 1 heterocycles. The first kappa shape index (κ1) is 16.6. The number of hydrogen-bond donors (Lipinski definition) is 1. The third-order valence-corrected chi connectivity index (χ3v) is 3.34. The Labute approximate surface area is 132 Å². The molecule has 8 nitrogen and oxygen atoms in total. The van der Waals surface area contributed by atoms with E-state index in [1.807, 2.05) is 6.07 Å². The minimum atomic E-state index is -1.10. The lowest BCUT2D eigenvalue weighted by molar-refractivity contribution is -0.159. The maximum Gasteiger partial charge on any atom is 0.334 e. The number of nitriles is 1. The van der Waals surface area contributed by atoms with Crippen molar-refractivity contribution in [3.63, 3.8) is 0 Å². The summed E-state index contributed by atoms with van der Waals surface area (Å²) in [5.41, 5.74) is 0.415. The van der Waals surface area contributed by atoms with Gasteiger partial charge in [0.05, 0.1) is 31.9 Å². The van der Waals surface area contributed by atoms with Gasteiger partial charge in [0.15, 0.2) is 24.2 Å². The molecule has 0 saturated carbocycles. The maximum atomic E-state index is 12.1. The molecule has 1 aromatic carbocycles. The summed E-state index contributed by atoms with van der Waals surface area (Å²) in [6.07, 6.45) is -1.02. The fourth-order valence-electron chi connectivity index (χ4n) is 2.11. The molecule has 1 amide bonds. The van der Waals surface area contributed by atoms with E-state index < -0.39 is 12.1 Å². The Morgan fingerprint density at radius 2 is 2.26 bits per heavy atom. The molecule has 1 aromatic rings. The Bertz CT molecular complexity index is 639. The topological polar surface area (TPSA) is 109 Å². The van der Waals surface area contributed by atoms with Crippen molar-refractivity contribution in [3.8, 4) is 17.6 Å². The van der Waals surface area contributed by atoms with E-state index in [4.69, 9.17) is 24.6 Å². The number of benzene rings is 1. The zero-order valence-electron chi connectivity index (χ0n) is 12.5. The van der Waals surface area contributed by atoms with Crippen molar-refractivity contribution in [1.29, 1.82) is 5.26 Å². The van der Waals surface area contributed by atoms with Crippen molar-refractivity contribution in [2.75, 3.05) is 33.4 Å². The number of rotatable bonds is 5. The summed E-state index contributed by atoms with van der Waals surface area (Å²) >= 11 is 0. The number of methoxy groups -OCH3 is 1. The smallest absolute Gasteiger partial charge is 0.334 e. The van der Waals surface area contributed by atoms with Gasteiger partial charge in [0.25, 0.3) is 5.91 Å². The van der Waals surface area contributed by atoms with Crippen LogP contribution in [-0.4, -0.2) is 61.4 Å². The Morgan fingerprint density at radius 1 is 1.48 bits per heavy atom. The monoisotopic (exact) mass is 320 g/mol. The second kappa shape index (κ2) is 7.47. The van der Waals surface area contributed by atoms with E-state index >= 15 is 0 Å². The number of amides is 1. The molecule has 1 saturated heterocycles. The SMILES string of the molecule is COc1cc(C#N)ccc1OCC(=O)N1CCO[C@@H](C(=O)O)C1. The zero-order chi connectivity index (χ0) is 16.8. The predicted octanol–water partition coefficient (Wildman–Crippen LogP) is 0.258. The lowest BCUT2D eigenvalue weighted by atomic mass is 10.2. The zero-order valence-corrected chi connectivity index (χ0v) is 12.5. The van der Waals surface area contributed by atoms with Gasteiger partial charge in [-0.05, 0) is 12.1 Å². The van der Waals surface area contributed by atoms with Crippen LogP contribution in [0.5, 0.6) is 11.5 Å². The summed E-state index contributed by atoms with van der Waals surface area (Å²) in [5, 5.41) is 17.8. The number of carboxylic acid groups (broad SMARTS) is 1. The van der Waals surface area contributed by atoms with Crippen molar-refractivity contribution >= 4 is 11.9 Å². The van der Waals surface area contributed by atoms with Crippen molar-refractivity contribution in [3.05, 3.63) is 23.8 Å². The second-order valence-electron chi connectivity index (χ2n) is 4.80. The van der Waals surface area contributed by atoms with Crippen LogP contribution in [0.1, 0.15) is 5.56 Å². The van der Waals surface area contributed by atoms with Gasteiger partial charge in [0, 0.05) is 12.6 Å². The third kappa shape index (κ3) is 4.11. The van der Waals surface area contributed by atoms with Crippen LogP contribution in [0, 0.1) is 11.3 Å². The van der Waals surface area contributed by atoms with Gasteiger partial charge < -0.3 is 24.2 Å². The summed E-state index contributed by atoms with van der Waals surface area (Å²) in [6.45, 7) is 0.218. The fraction of sp³-hybridized carbons (Fsp3) is 0.400. The summed E-state index contributed by atoms with van der Waals surface area (Å²) in [7, 11) is 1.44. The van der Waals surface area contributed by atoms with E-state index in [9.17, 15) is 9.59 Å². The average molecular weight is 320 g/mol. The Hall–Kier alpha value is -2.79. The average Bonchev–Trinajstić information content (AvgIpc) is 2.59. The minimum Gasteiger partial charge on any atom is -0.493 e. The molecule has 1 aliphatic rings. The van der Waals surface area contributed by atoms with Gasteiger partial charge in [0.1, 0.15) is 0 Å². The summed E-state index contributed by atoms with van der Waals surface area (Å²) in [4.78, 5) is 24.4. The summed E-state index contributed by atoms with van der Waals surface area (Å²) in [6, 6.07) is 6.59. The van der Waals surface area contributed by atoms with Crippen LogP contribution in [0.15, 0.2) is 18.2 Å². The van der Waals surface area contributed by atoms with Crippen molar-refractivity contribution in [1.82, 2.24) is 4.90 Å². The van der Waals surface area contributed by atoms with Crippen LogP contribution < -0.4 is 9.47 Å². The van der Waals surface area contributed by atoms with Gasteiger partial charge in [-0.1, -0.05) is 0 Å². The molecule has 0 unspecified atom stereocenters. The molecule has 23 heavy (non-hydrogen) atoms. The number of morpholine rings is 1. The van der Waals surface area contributed by atoms with Crippen molar-refractivity contribution < 1.29 is 28.9 Å². The molecule has 0 aliphatic carbocycles. The normalized spacial score (nSPS) is 17.2. The Kier molecular flexibility index (Phi) is 5.38. The standard InChI is InChI=1S/C15H16N2O6/c1-21-12-6-10(7-16)2-3-11(12)23-9-14(18)17-4-5-22-13(8-17)15(19)20/h2-3,6,13H,4-5,8-9H2,1H3,(H,19,20)/t13-/m1/s1. The predicted molar refractivity (Wildman–Crippen MR) is 77.2 cm³/mol. The molecule has 2 rings (SSSR count). The van der Waals surface area contributed by atoms with Crippen LogP contribution in [0.3, 0.4) is 0 Å². The molecular formula is C15H16N2O6. The van der Waals surface area contributed by atoms with Crippen LogP contribution in [0.25, 0.3) is 0 Å². The Morgan fingerprint density at radius 3 is 2.91 bits per heavy atom. The highest BCUT2D eigenvalue weighted by molar-refractivity contribution is 5.80. The molecule has 1 atom stereocenters. The third-order valence-electron chi connectivity index (χ3n) is 3.34. The van der Waals surface area contributed by atoms with E-state index in [-0.39, 0.29) is 25.7 Å². The van der Waals surface area contributed by atoms with Crippen LogP contribution in [0.2, 0.25) is 0 Å². The van der Waals surface area contributed by atoms with E-state index in [1.165, 1.54) is 18.1 Å². The highest BCUT2D eigenvalue weighted by atomic mass is 16.5. The summed E-state index contributed by atoms with van der Waals surface area (Å²) < 4.78 is 15.6. The molecule has 0 radical (unpaired) electrons. The lowest BCUT2D eigenvalue weighted by Gasteiger charge is -2.30. The second-order valence-corrected chi connectivity index (χ2v) is 4.80. The highest BCUT2D eigenvalue weighted by Gasteiger charge is 2.29. The van der Waals surface area contributed by atoms with Gasteiger partial charge in [-0.15, -0.1) is 0 Å². The van der Waals surface area contributed by atoms with E-state index in [1.54, 1.807) is 12.1 Å². The maximum absolute atomic E-state index is 12.1. The molecule has 1 aliphatic heterocycles. The largest absolute Gasteiger partial charge is 0.493 e. The number of carboxylic acids is 1. The Balaban J connectivity index is 1.96. The first-order chi connectivity index (χ1) is 11.0. The van der Waals surface area contributed by atoms with E-state index in [2.05, 4.69) is 0 Å². The number of aliphatic carboxylic acids is 1. The first-order valence-electron chi connectivity index (χ1n) is 6.88. The van der Waals surface area contributed by atoms with Crippen LogP contribution in [0.4, 0.5) is 0 Å². The van der Waals surface area contributed by atoms with Gasteiger partial charge in [-0.2, -0.15) is 5.26 Å². The minimum absolute atomic E-state index is 0.0119. The van der Waals surface area contributed by atoms with Gasteiger partial charge in [-0.3, -0.25) is 4.79 Å². The number of ether oxygens (including phenoxy) is 3. The molecule has 122 valence electrons. The number of carbonyl (C=O) groups excluding carboxylic acids is 1. The van der Waals surface area contributed by atoms with E-state index in [0.29, 0.717) is 23.6 Å². The number of carbonyl (C=O) groups is 2. The quantitative estimate of drug-likeness (QED) is 0.828.